The molecule has 12 nitrogen and oxygen atoms in total. The average Bonchev–Trinajstić information content (AvgIpc) is 3.20. The molecule has 0 unspecified atom stereocenters. The van der Waals surface area contributed by atoms with E-state index in [0.717, 1.165) is 24.1 Å². The molecule has 170 valence electrons. The number of rotatable bonds is 7. The quantitative estimate of drug-likeness (QED) is 0.243. The summed E-state index contributed by atoms with van der Waals surface area (Å²) in [5.74, 6) is 0.467. The molecule has 3 aromatic heterocycles. The van der Waals surface area contributed by atoms with Gasteiger partial charge in [0.05, 0.1) is 11.9 Å². The van der Waals surface area contributed by atoms with Gasteiger partial charge in [-0.3, -0.25) is 10.1 Å². The predicted octanol–water partition coefficient (Wildman–Crippen LogP) is 1.68. The van der Waals surface area contributed by atoms with Crippen molar-refractivity contribution in [1.82, 2.24) is 40.0 Å². The number of nitrogens with one attached hydrogen (secondary N) is 4. The van der Waals surface area contributed by atoms with E-state index >= 15 is 0 Å². The second-order valence-corrected chi connectivity index (χ2v) is 8.02. The smallest absolute Gasteiger partial charge is 0.326 e. The molecule has 1 aromatic carbocycles. The molecule has 34 heavy (non-hydrogen) atoms. The van der Waals surface area contributed by atoms with E-state index in [1.165, 1.54) is 0 Å². The molecule has 4 heterocycles. The van der Waals surface area contributed by atoms with Gasteiger partial charge in [-0.2, -0.15) is 24.7 Å². The molecule has 0 bridgehead atoms. The number of benzene rings is 1. The molecule has 1 aliphatic heterocycles. The van der Waals surface area contributed by atoms with Crippen LogP contribution < -0.4 is 21.3 Å². The van der Waals surface area contributed by atoms with E-state index in [1.54, 1.807) is 23.0 Å². The van der Waals surface area contributed by atoms with Crippen molar-refractivity contribution in [3.05, 3.63) is 65.7 Å². The Morgan fingerprint density at radius 3 is 2.74 bits per heavy atom. The largest absolute Gasteiger partial charge is 0.351 e. The molecule has 1 saturated carbocycles. The SMILES string of the molecule is O=C1NC(=O)/C(=C/c2cnn3c(NC4CC4)nc(NCc4ccccc4-n4cccn4)nc23)N1. The molecule has 1 saturated heterocycles. The minimum Gasteiger partial charge on any atom is -0.351 e. The summed E-state index contributed by atoms with van der Waals surface area (Å²) >= 11 is 0. The monoisotopic (exact) mass is 456 g/mol. The highest BCUT2D eigenvalue weighted by molar-refractivity contribution is 6.14. The Kier molecular flexibility index (Phi) is 4.68. The fraction of sp³-hybridized carbons (Fsp3) is 0.182. The van der Waals surface area contributed by atoms with Gasteiger partial charge in [0, 0.05) is 30.5 Å². The van der Waals surface area contributed by atoms with Crippen LogP contribution in [0, 0.1) is 0 Å². The van der Waals surface area contributed by atoms with Gasteiger partial charge in [0.15, 0.2) is 5.65 Å². The first-order valence-corrected chi connectivity index (χ1v) is 10.8. The van der Waals surface area contributed by atoms with E-state index in [9.17, 15) is 9.59 Å². The molecule has 4 aromatic rings. The Hall–Kier alpha value is -4.74. The standard InChI is InChI=1S/C22H20N10O2/c33-19-16(27-22(34)29-19)10-14-12-25-32-18(14)28-20(30-21(32)26-15-6-7-15)23-11-13-4-1-2-5-17(13)31-9-3-8-24-31/h1-5,8-10,12,15H,6-7,11H2,(H2,23,26,28,30)(H2,27,29,33,34)/b16-10-. The van der Waals surface area contributed by atoms with Gasteiger partial charge in [-0.25, -0.2) is 9.48 Å². The first-order valence-electron chi connectivity index (χ1n) is 10.8. The molecule has 12 heteroatoms. The summed E-state index contributed by atoms with van der Waals surface area (Å²) in [5.41, 5.74) is 3.19. The van der Waals surface area contributed by atoms with Crippen LogP contribution in [0.5, 0.6) is 0 Å². The number of carbonyl (C=O) groups excluding carboxylic acids is 2. The van der Waals surface area contributed by atoms with E-state index in [1.807, 2.05) is 41.2 Å². The van der Waals surface area contributed by atoms with Gasteiger partial charge < -0.3 is 16.0 Å². The highest BCUT2D eigenvalue weighted by atomic mass is 16.2. The molecular weight excluding hydrogens is 436 g/mol. The number of nitrogens with zero attached hydrogens (tertiary/aromatic N) is 6. The van der Waals surface area contributed by atoms with E-state index in [4.69, 9.17) is 0 Å². The average molecular weight is 456 g/mol. The second-order valence-electron chi connectivity index (χ2n) is 8.02. The zero-order valence-electron chi connectivity index (χ0n) is 17.9. The van der Waals surface area contributed by atoms with Crippen LogP contribution in [0.4, 0.5) is 16.7 Å². The van der Waals surface area contributed by atoms with Crippen molar-refractivity contribution in [2.24, 2.45) is 0 Å². The second kappa shape index (κ2) is 7.99. The van der Waals surface area contributed by atoms with Crippen molar-refractivity contribution in [3.8, 4) is 5.69 Å². The number of fused-ring (bicyclic) bond motifs is 1. The molecule has 1 aliphatic carbocycles. The maximum absolute atomic E-state index is 12.0. The normalized spacial score (nSPS) is 16.6. The third-order valence-electron chi connectivity index (χ3n) is 5.51. The summed E-state index contributed by atoms with van der Waals surface area (Å²) in [5, 5.41) is 20.1. The number of hydrogen-bond acceptors (Lipinski definition) is 8. The summed E-state index contributed by atoms with van der Waals surface area (Å²) in [6.07, 6.45) is 8.89. The minimum absolute atomic E-state index is 0.137. The van der Waals surface area contributed by atoms with Gasteiger partial charge in [0.25, 0.3) is 5.91 Å². The highest BCUT2D eigenvalue weighted by Crippen LogP contribution is 2.26. The van der Waals surface area contributed by atoms with Gasteiger partial charge in [-0.05, 0) is 36.6 Å². The van der Waals surface area contributed by atoms with Crippen LogP contribution in [0.25, 0.3) is 17.4 Å². The van der Waals surface area contributed by atoms with Crippen molar-refractivity contribution in [1.29, 1.82) is 0 Å². The fourth-order valence-corrected chi connectivity index (χ4v) is 3.69. The summed E-state index contributed by atoms with van der Waals surface area (Å²) in [6.45, 7) is 0.470. The van der Waals surface area contributed by atoms with Crippen LogP contribution in [-0.4, -0.2) is 47.3 Å². The lowest BCUT2D eigenvalue weighted by Crippen LogP contribution is -2.22. The van der Waals surface area contributed by atoms with Crippen LogP contribution >= 0.6 is 0 Å². The Bertz CT molecular complexity index is 1440. The van der Waals surface area contributed by atoms with Crippen molar-refractivity contribution in [2.75, 3.05) is 10.6 Å². The first-order chi connectivity index (χ1) is 16.6. The third kappa shape index (κ3) is 3.81. The molecule has 0 atom stereocenters. The molecule has 4 N–H and O–H groups in total. The van der Waals surface area contributed by atoms with Crippen LogP contribution in [0.2, 0.25) is 0 Å². The molecule has 6 rings (SSSR count). The summed E-state index contributed by atoms with van der Waals surface area (Å²) in [7, 11) is 0. The van der Waals surface area contributed by atoms with Crippen molar-refractivity contribution in [2.45, 2.75) is 25.4 Å². The molecule has 2 aliphatic rings. The lowest BCUT2D eigenvalue weighted by atomic mass is 10.2. The summed E-state index contributed by atoms with van der Waals surface area (Å²) in [4.78, 5) is 32.7. The lowest BCUT2D eigenvalue weighted by Gasteiger charge is -2.12. The van der Waals surface area contributed by atoms with E-state index in [0.29, 0.717) is 35.7 Å². The van der Waals surface area contributed by atoms with Crippen LogP contribution in [0.3, 0.4) is 0 Å². The number of aromatic nitrogens is 6. The fourth-order valence-electron chi connectivity index (χ4n) is 3.69. The van der Waals surface area contributed by atoms with E-state index < -0.39 is 11.9 Å². The van der Waals surface area contributed by atoms with Gasteiger partial charge in [0.2, 0.25) is 11.9 Å². The lowest BCUT2D eigenvalue weighted by molar-refractivity contribution is -0.115. The number of anilines is 2. The van der Waals surface area contributed by atoms with Crippen LogP contribution in [-0.2, 0) is 11.3 Å². The van der Waals surface area contributed by atoms with Gasteiger partial charge >= 0.3 is 6.03 Å². The number of carbonyl (C=O) groups is 2. The Morgan fingerprint density at radius 1 is 1.09 bits per heavy atom. The molecule has 2 fully saturated rings. The number of hydrogen-bond donors (Lipinski definition) is 4. The van der Waals surface area contributed by atoms with Crippen molar-refractivity contribution in [3.63, 3.8) is 0 Å². The maximum Gasteiger partial charge on any atom is 0.326 e. The number of imide groups is 1. The number of para-hydroxylation sites is 1. The van der Waals surface area contributed by atoms with Gasteiger partial charge in [0.1, 0.15) is 5.70 Å². The van der Waals surface area contributed by atoms with Gasteiger partial charge in [-0.15, -0.1) is 0 Å². The Labute approximate surface area is 193 Å². The van der Waals surface area contributed by atoms with E-state index in [-0.39, 0.29) is 5.70 Å². The zero-order chi connectivity index (χ0) is 23.1. The molecular formula is C22H20N10O2. The molecule has 0 spiro atoms. The Balaban J connectivity index is 1.34. The molecule has 0 radical (unpaired) electrons. The highest BCUT2D eigenvalue weighted by Gasteiger charge is 2.26. The summed E-state index contributed by atoms with van der Waals surface area (Å²) in [6, 6.07) is 9.60. The maximum atomic E-state index is 12.0. The molecule has 3 amide bonds. The van der Waals surface area contributed by atoms with Crippen LogP contribution in [0.1, 0.15) is 24.0 Å². The van der Waals surface area contributed by atoms with Gasteiger partial charge in [-0.1, -0.05) is 18.2 Å². The van der Waals surface area contributed by atoms with Crippen LogP contribution in [0.15, 0.2) is 54.6 Å². The first kappa shape index (κ1) is 19.9. The van der Waals surface area contributed by atoms with Crippen molar-refractivity contribution < 1.29 is 9.59 Å². The van der Waals surface area contributed by atoms with E-state index in [2.05, 4.69) is 41.4 Å². The predicted molar refractivity (Wildman–Crippen MR) is 123 cm³/mol. The Morgan fingerprint density at radius 2 is 1.97 bits per heavy atom. The number of urea groups is 1. The topological polar surface area (TPSA) is 143 Å². The third-order valence-corrected chi connectivity index (χ3v) is 5.51. The van der Waals surface area contributed by atoms with Crippen molar-refractivity contribution >= 4 is 35.6 Å². The number of amides is 3. The minimum atomic E-state index is -0.559. The zero-order valence-corrected chi connectivity index (χ0v) is 17.9. The summed E-state index contributed by atoms with van der Waals surface area (Å²) < 4.78 is 3.41.